The van der Waals surface area contributed by atoms with Crippen molar-refractivity contribution in [1.29, 1.82) is 5.26 Å². The smallest absolute Gasteiger partial charge is 0.226 e. The van der Waals surface area contributed by atoms with Crippen LogP contribution in [0, 0.1) is 17.2 Å². The van der Waals surface area contributed by atoms with E-state index in [9.17, 15) is 4.79 Å². The van der Waals surface area contributed by atoms with E-state index in [1.165, 1.54) is 16.8 Å². The number of fused-ring (bicyclic) bond motifs is 4. The Hall–Kier alpha value is -3.24. The van der Waals surface area contributed by atoms with Gasteiger partial charge >= 0.3 is 0 Å². The third-order valence-electron chi connectivity index (χ3n) is 5.95. The van der Waals surface area contributed by atoms with E-state index in [1.54, 1.807) is 11.3 Å². The highest BCUT2D eigenvalue weighted by molar-refractivity contribution is 7.18. The molecule has 0 aliphatic heterocycles. The zero-order valence-electron chi connectivity index (χ0n) is 17.3. The summed E-state index contributed by atoms with van der Waals surface area (Å²) in [5, 5.41) is 10.8. The fourth-order valence-electron chi connectivity index (χ4n) is 4.39. The first-order chi connectivity index (χ1) is 15.2. The molecule has 6 nitrogen and oxygen atoms in total. The van der Waals surface area contributed by atoms with E-state index in [-0.39, 0.29) is 12.4 Å². The summed E-state index contributed by atoms with van der Waals surface area (Å²) in [4.78, 5) is 24.2. The Morgan fingerprint density at radius 2 is 2.23 bits per heavy atom. The normalized spacial score (nSPS) is 15.7. The Labute approximate surface area is 184 Å². The van der Waals surface area contributed by atoms with Crippen molar-refractivity contribution < 1.29 is 9.53 Å². The lowest BCUT2D eigenvalue weighted by Crippen LogP contribution is -2.13. The van der Waals surface area contributed by atoms with Crippen LogP contribution in [0.15, 0.2) is 36.8 Å². The molecule has 0 amide bonds. The molecule has 0 saturated heterocycles. The summed E-state index contributed by atoms with van der Waals surface area (Å²) >= 11 is 1.72. The van der Waals surface area contributed by atoms with Crippen LogP contribution in [0.2, 0.25) is 0 Å². The van der Waals surface area contributed by atoms with Crippen molar-refractivity contribution in [3.63, 3.8) is 0 Å². The lowest BCUT2D eigenvalue weighted by molar-refractivity contribution is 0.0920. The Kier molecular flexibility index (Phi) is 5.16. The zero-order valence-corrected chi connectivity index (χ0v) is 18.1. The topological polar surface area (TPSA) is 80.8 Å². The number of ether oxygens (including phenoxy) is 1. The van der Waals surface area contributed by atoms with Crippen molar-refractivity contribution in [2.24, 2.45) is 5.92 Å². The summed E-state index contributed by atoms with van der Waals surface area (Å²) in [5.41, 5.74) is 2.85. The van der Waals surface area contributed by atoms with Crippen LogP contribution in [-0.4, -0.2) is 26.9 Å². The van der Waals surface area contributed by atoms with Gasteiger partial charge in [0, 0.05) is 34.1 Å². The first-order valence-electron chi connectivity index (χ1n) is 10.5. The average Bonchev–Trinajstić information content (AvgIpc) is 3.34. The minimum atomic E-state index is -0.101. The van der Waals surface area contributed by atoms with Gasteiger partial charge in [-0.15, -0.1) is 11.3 Å². The molecule has 1 atom stereocenters. The molecule has 0 bridgehead atoms. The lowest BCUT2D eigenvalue weighted by Gasteiger charge is -2.18. The summed E-state index contributed by atoms with van der Waals surface area (Å²) in [6.07, 6.45) is 6.95. The Balaban J connectivity index is 1.43. The minimum absolute atomic E-state index is 0.0839. The van der Waals surface area contributed by atoms with E-state index in [1.807, 2.05) is 35.0 Å². The number of aryl methyl sites for hydroxylation is 2. The molecule has 1 aliphatic rings. The van der Waals surface area contributed by atoms with Gasteiger partial charge in [-0.3, -0.25) is 4.79 Å². The van der Waals surface area contributed by atoms with E-state index in [2.05, 4.69) is 23.0 Å². The highest BCUT2D eigenvalue weighted by Gasteiger charge is 2.24. The molecule has 3 aromatic heterocycles. The number of nitriles is 1. The van der Waals surface area contributed by atoms with E-state index >= 15 is 0 Å². The van der Waals surface area contributed by atoms with Crippen LogP contribution in [0.4, 0.5) is 0 Å². The molecular formula is C24H22N4O2S. The molecule has 156 valence electrons. The first kappa shape index (κ1) is 19.7. The Morgan fingerprint density at radius 3 is 3.10 bits per heavy atom. The van der Waals surface area contributed by atoms with E-state index in [0.717, 1.165) is 40.4 Å². The van der Waals surface area contributed by atoms with Gasteiger partial charge in [-0.2, -0.15) is 5.26 Å². The molecule has 0 radical (unpaired) electrons. The third-order valence-corrected chi connectivity index (χ3v) is 7.11. The minimum Gasteiger partial charge on any atom is -0.469 e. The molecule has 1 unspecified atom stereocenters. The molecule has 3 heterocycles. The van der Waals surface area contributed by atoms with Gasteiger partial charge < -0.3 is 9.30 Å². The van der Waals surface area contributed by atoms with Crippen LogP contribution in [0.3, 0.4) is 0 Å². The molecule has 0 fully saturated rings. The number of nitrogens with zero attached hydrogens (tertiary/aromatic N) is 4. The number of hydrogen-bond donors (Lipinski definition) is 0. The van der Waals surface area contributed by atoms with Crippen LogP contribution in [0.1, 0.15) is 40.6 Å². The zero-order chi connectivity index (χ0) is 21.4. The van der Waals surface area contributed by atoms with Crippen molar-refractivity contribution in [1.82, 2.24) is 14.5 Å². The standard InChI is InChI=1S/C24H22N4O2S/c1-15-7-8-17-21(11-15)31-24-22(17)23(26-14-27-24)30-13-20(29)18-12-28(10-4-9-25)19-6-3-2-5-16(18)19/h2-3,5-6,12,14-15H,4,7-8,10-11,13H2,1H3. The molecule has 4 aromatic rings. The summed E-state index contributed by atoms with van der Waals surface area (Å²) < 4.78 is 7.93. The quantitative estimate of drug-likeness (QED) is 0.405. The second-order valence-electron chi connectivity index (χ2n) is 8.08. The number of rotatable bonds is 6. The molecule has 7 heteroatoms. The van der Waals surface area contributed by atoms with Crippen LogP contribution in [0.5, 0.6) is 5.88 Å². The third kappa shape index (κ3) is 3.57. The van der Waals surface area contributed by atoms with Crippen molar-refractivity contribution in [2.45, 2.75) is 39.2 Å². The molecule has 1 aromatic carbocycles. The number of carbonyl (C=O) groups excluding carboxylic acids is 1. The first-order valence-corrected chi connectivity index (χ1v) is 11.3. The van der Waals surface area contributed by atoms with Gasteiger partial charge in [0.2, 0.25) is 11.7 Å². The molecule has 0 saturated carbocycles. The highest BCUT2D eigenvalue weighted by Crippen LogP contribution is 2.40. The molecule has 0 N–H and O–H groups in total. The van der Waals surface area contributed by atoms with Crippen LogP contribution in [-0.2, 0) is 19.4 Å². The second-order valence-corrected chi connectivity index (χ2v) is 9.17. The molecule has 5 rings (SSSR count). The maximum atomic E-state index is 13.1. The van der Waals surface area contributed by atoms with Crippen LogP contribution in [0.25, 0.3) is 21.1 Å². The number of para-hydroxylation sites is 1. The maximum absolute atomic E-state index is 13.1. The number of benzene rings is 1. The van der Waals surface area contributed by atoms with Crippen LogP contribution >= 0.6 is 11.3 Å². The van der Waals surface area contributed by atoms with Gasteiger partial charge in [0.1, 0.15) is 11.2 Å². The van der Waals surface area contributed by atoms with Gasteiger partial charge in [-0.05, 0) is 36.8 Å². The number of hydrogen-bond acceptors (Lipinski definition) is 6. The van der Waals surface area contributed by atoms with Gasteiger partial charge in [0.05, 0.1) is 17.9 Å². The molecular weight excluding hydrogens is 408 g/mol. The Bertz CT molecular complexity index is 1330. The van der Waals surface area contributed by atoms with Crippen LogP contribution < -0.4 is 4.74 Å². The highest BCUT2D eigenvalue weighted by atomic mass is 32.1. The number of thiophene rings is 1. The predicted molar refractivity (Wildman–Crippen MR) is 121 cm³/mol. The van der Waals surface area contributed by atoms with Gasteiger partial charge in [0.25, 0.3) is 0 Å². The molecule has 31 heavy (non-hydrogen) atoms. The van der Waals surface area contributed by atoms with Gasteiger partial charge in [0.15, 0.2) is 6.61 Å². The van der Waals surface area contributed by atoms with E-state index in [0.29, 0.717) is 30.3 Å². The van der Waals surface area contributed by atoms with Gasteiger partial charge in [-0.1, -0.05) is 25.1 Å². The lowest BCUT2D eigenvalue weighted by atomic mass is 9.89. The van der Waals surface area contributed by atoms with E-state index in [4.69, 9.17) is 10.00 Å². The second kappa shape index (κ2) is 8.12. The Morgan fingerprint density at radius 1 is 1.35 bits per heavy atom. The summed E-state index contributed by atoms with van der Waals surface area (Å²) in [6.45, 7) is 2.75. The fourth-order valence-corrected chi connectivity index (χ4v) is 5.73. The maximum Gasteiger partial charge on any atom is 0.226 e. The average molecular weight is 431 g/mol. The SMILES string of the molecule is CC1CCc2c(sc3ncnc(OCC(=O)c4cn(CCC#N)c5ccccc45)c23)C1. The molecule has 1 aliphatic carbocycles. The van der Waals surface area contributed by atoms with Crippen molar-refractivity contribution in [2.75, 3.05) is 6.61 Å². The summed E-state index contributed by atoms with van der Waals surface area (Å²) in [7, 11) is 0. The summed E-state index contributed by atoms with van der Waals surface area (Å²) in [5.74, 6) is 1.08. The number of Topliss-reactive ketones (excluding diaryl/α,β-unsaturated/α-hetero) is 1. The van der Waals surface area contributed by atoms with Crippen molar-refractivity contribution in [3.8, 4) is 11.9 Å². The number of carbonyl (C=O) groups is 1. The van der Waals surface area contributed by atoms with Gasteiger partial charge in [-0.25, -0.2) is 9.97 Å². The van der Waals surface area contributed by atoms with Crippen molar-refractivity contribution >= 4 is 38.2 Å². The number of aromatic nitrogens is 3. The largest absolute Gasteiger partial charge is 0.469 e. The van der Waals surface area contributed by atoms with Crippen molar-refractivity contribution in [3.05, 3.63) is 52.8 Å². The summed E-state index contributed by atoms with van der Waals surface area (Å²) in [6, 6.07) is 9.93. The monoisotopic (exact) mass is 430 g/mol. The number of ketones is 1. The predicted octanol–water partition coefficient (Wildman–Crippen LogP) is 4.95. The fraction of sp³-hybridized carbons (Fsp3) is 0.333. The molecule has 0 spiro atoms. The van der Waals surface area contributed by atoms with E-state index < -0.39 is 0 Å².